The Morgan fingerprint density at radius 1 is 0.900 bits per heavy atom. The molecule has 2 aromatic rings. The first kappa shape index (κ1) is 17.7. The zero-order chi connectivity index (χ0) is 12.6. The van der Waals surface area contributed by atoms with E-state index in [1.807, 2.05) is 0 Å². The summed E-state index contributed by atoms with van der Waals surface area (Å²) in [5.41, 5.74) is 5.67. The molecular formula is C17H17Cl2Zr. The largest absolute Gasteiger partial charge is 0.147 e. The molecule has 1 unspecified atom stereocenters. The van der Waals surface area contributed by atoms with Gasteiger partial charge in [0.15, 0.2) is 0 Å². The van der Waals surface area contributed by atoms with Crippen molar-refractivity contribution < 1.29 is 24.7 Å². The maximum absolute atomic E-state index is 2.48. The van der Waals surface area contributed by atoms with Gasteiger partial charge in [0.05, 0.1) is 0 Å². The van der Waals surface area contributed by atoms with Crippen LogP contribution in [-0.2, 0) is 27.8 Å². The van der Waals surface area contributed by atoms with Crippen LogP contribution in [-0.4, -0.2) is 0 Å². The van der Waals surface area contributed by atoms with Crippen LogP contribution in [0.5, 0.6) is 0 Å². The Morgan fingerprint density at radius 3 is 2.15 bits per heavy atom. The number of hydrogen-bond donors (Lipinski definition) is 0. The summed E-state index contributed by atoms with van der Waals surface area (Å²) in [6.45, 7) is 2.29. The second-order valence-electron chi connectivity index (χ2n) is 4.79. The van der Waals surface area contributed by atoms with E-state index in [4.69, 9.17) is 0 Å². The Balaban J connectivity index is 0.000001000. The van der Waals surface area contributed by atoms with Gasteiger partial charge in [0.2, 0.25) is 0 Å². The number of rotatable bonds is 2. The van der Waals surface area contributed by atoms with Crippen LogP contribution in [0.1, 0.15) is 30.0 Å². The van der Waals surface area contributed by atoms with Crippen LogP contribution in [0.3, 0.4) is 0 Å². The standard InChI is InChI=1S/C17H15.2ClH.Zr/c1-2-13-12-17(14-8-4-3-5-9-14)16-11-7-6-10-15(13)16;;;/h3-12H,2H2,1H3;2*1H;. The van der Waals surface area contributed by atoms with E-state index in [9.17, 15) is 0 Å². The zero-order valence-corrected chi connectivity index (χ0v) is 15.4. The van der Waals surface area contributed by atoms with Crippen LogP contribution < -0.4 is 0 Å². The second kappa shape index (κ2) is 7.07. The summed E-state index contributed by atoms with van der Waals surface area (Å²) in [6.07, 6.45) is 3.66. The summed E-state index contributed by atoms with van der Waals surface area (Å²) in [6, 6.07) is 19.6. The van der Waals surface area contributed by atoms with Crippen molar-refractivity contribution in [2.75, 3.05) is 0 Å². The Bertz CT molecular complexity index is 607. The summed E-state index contributed by atoms with van der Waals surface area (Å²) in [5, 5.41) is 0. The van der Waals surface area contributed by atoms with Gasteiger partial charge in [-0.05, 0) is 0 Å². The van der Waals surface area contributed by atoms with Crippen LogP contribution in [0.15, 0.2) is 60.7 Å². The van der Waals surface area contributed by atoms with Gasteiger partial charge in [0.25, 0.3) is 0 Å². The van der Waals surface area contributed by atoms with Gasteiger partial charge < -0.3 is 0 Å². The van der Waals surface area contributed by atoms with Gasteiger partial charge in [-0.15, -0.1) is 24.8 Å². The molecule has 0 spiro atoms. The predicted octanol–water partition coefficient (Wildman–Crippen LogP) is 5.13. The van der Waals surface area contributed by atoms with Crippen molar-refractivity contribution in [1.82, 2.24) is 0 Å². The molecule has 3 heteroatoms. The average molecular weight is 383 g/mol. The van der Waals surface area contributed by atoms with Crippen LogP contribution in [0.25, 0.3) is 5.57 Å². The molecule has 20 heavy (non-hydrogen) atoms. The molecule has 103 valence electrons. The van der Waals surface area contributed by atoms with E-state index in [1.165, 1.54) is 28.7 Å². The first-order chi connectivity index (χ1) is 8.74. The third-order valence-electron chi connectivity index (χ3n) is 3.73. The molecule has 0 amide bonds. The summed E-state index contributed by atoms with van der Waals surface area (Å²) >= 11 is 1.58. The third-order valence-corrected chi connectivity index (χ3v) is 5.62. The fraction of sp³-hybridized carbons (Fsp3) is 0.176. The Morgan fingerprint density at radius 2 is 1.50 bits per heavy atom. The molecule has 0 aliphatic heterocycles. The van der Waals surface area contributed by atoms with E-state index < -0.39 is 0 Å². The minimum absolute atomic E-state index is 0. The maximum Gasteiger partial charge on any atom is -0.147 e. The van der Waals surface area contributed by atoms with Gasteiger partial charge >= 0.3 is 124 Å². The quantitative estimate of drug-likeness (QED) is 0.675. The van der Waals surface area contributed by atoms with Gasteiger partial charge in [-0.3, -0.25) is 0 Å². The molecule has 0 saturated heterocycles. The SMILES string of the molecule is CC[C]1([Zr])C=C(c2ccccc2)c2ccccc21.Cl.Cl. The summed E-state index contributed by atoms with van der Waals surface area (Å²) in [4.78, 5) is 0. The number of halogens is 2. The van der Waals surface area contributed by atoms with Crippen molar-refractivity contribution in [1.29, 1.82) is 0 Å². The van der Waals surface area contributed by atoms with Gasteiger partial charge in [0, 0.05) is 0 Å². The molecule has 0 saturated carbocycles. The fourth-order valence-electron chi connectivity index (χ4n) is 2.66. The molecule has 0 bridgehead atoms. The van der Waals surface area contributed by atoms with Gasteiger partial charge in [-0.2, -0.15) is 0 Å². The summed E-state index contributed by atoms with van der Waals surface area (Å²) in [7, 11) is 0. The van der Waals surface area contributed by atoms with Crippen molar-refractivity contribution in [2.24, 2.45) is 0 Å². The number of benzene rings is 2. The molecule has 0 radical (unpaired) electrons. The fourth-order valence-corrected chi connectivity index (χ4v) is 3.55. The summed E-state index contributed by atoms with van der Waals surface area (Å²) in [5.74, 6) is 0. The Labute approximate surface area is 148 Å². The van der Waals surface area contributed by atoms with Crippen molar-refractivity contribution >= 4 is 30.4 Å². The van der Waals surface area contributed by atoms with Crippen LogP contribution in [0.2, 0.25) is 0 Å². The maximum atomic E-state index is 2.48. The number of allylic oxidation sites excluding steroid dienone is 1. The van der Waals surface area contributed by atoms with Crippen LogP contribution in [0.4, 0.5) is 0 Å². The molecule has 0 aromatic heterocycles. The molecule has 2 aromatic carbocycles. The van der Waals surface area contributed by atoms with E-state index in [0.29, 0.717) is 0 Å². The van der Waals surface area contributed by atoms with E-state index in [1.54, 1.807) is 24.7 Å². The Kier molecular flexibility index (Phi) is 6.26. The van der Waals surface area contributed by atoms with Gasteiger partial charge in [-0.1, -0.05) is 0 Å². The molecule has 1 atom stereocenters. The first-order valence-corrected chi connectivity index (χ1v) is 7.61. The predicted molar refractivity (Wildman–Crippen MR) is 86.4 cm³/mol. The van der Waals surface area contributed by atoms with Crippen LogP contribution in [0, 0.1) is 0 Å². The van der Waals surface area contributed by atoms with Crippen molar-refractivity contribution in [3.8, 4) is 0 Å². The minimum atomic E-state index is 0. The molecule has 3 rings (SSSR count). The molecule has 1 aliphatic rings. The van der Waals surface area contributed by atoms with Crippen molar-refractivity contribution in [3.63, 3.8) is 0 Å². The topological polar surface area (TPSA) is 0 Å². The number of hydrogen-bond acceptors (Lipinski definition) is 0. The van der Waals surface area contributed by atoms with Crippen molar-refractivity contribution in [2.45, 2.75) is 16.5 Å². The number of fused-ring (bicyclic) bond motifs is 1. The van der Waals surface area contributed by atoms with E-state index in [0.717, 1.165) is 0 Å². The monoisotopic (exact) mass is 381 g/mol. The normalized spacial score (nSPS) is 19.3. The molecule has 0 nitrogen and oxygen atoms in total. The zero-order valence-electron chi connectivity index (χ0n) is 11.3. The third kappa shape index (κ3) is 2.96. The van der Waals surface area contributed by atoms with Crippen molar-refractivity contribution in [3.05, 3.63) is 77.4 Å². The second-order valence-corrected chi connectivity index (χ2v) is 6.99. The first-order valence-electron chi connectivity index (χ1n) is 6.38. The molecule has 1 aliphatic carbocycles. The van der Waals surface area contributed by atoms with Gasteiger partial charge in [0.1, 0.15) is 0 Å². The summed E-state index contributed by atoms with van der Waals surface area (Å²) < 4.78 is 0.272. The average Bonchev–Trinajstić information content (AvgIpc) is 2.75. The molecule has 0 heterocycles. The minimum Gasteiger partial charge on any atom is -0.147 e. The van der Waals surface area contributed by atoms with Gasteiger partial charge in [-0.25, -0.2) is 0 Å². The van der Waals surface area contributed by atoms with E-state index in [-0.39, 0.29) is 27.9 Å². The smallest absolute Gasteiger partial charge is 0.147 e. The molecule has 0 fully saturated rings. The Hall–Kier alpha value is -0.357. The van der Waals surface area contributed by atoms with Crippen LogP contribution >= 0.6 is 24.8 Å². The molecule has 0 N–H and O–H groups in total. The van der Waals surface area contributed by atoms with E-state index >= 15 is 0 Å². The molecular weight excluding hydrogens is 366 g/mol. The van der Waals surface area contributed by atoms with E-state index in [2.05, 4.69) is 67.6 Å².